The van der Waals surface area contributed by atoms with E-state index in [-0.39, 0.29) is 0 Å². The summed E-state index contributed by atoms with van der Waals surface area (Å²) in [6, 6.07) is 0. The molecule has 3 heterocycles. The van der Waals surface area contributed by atoms with Gasteiger partial charge in [0.1, 0.15) is 5.82 Å². The average Bonchev–Trinajstić information content (AvgIpc) is 3.08. The molecule has 0 aliphatic heterocycles. The third-order valence-corrected chi connectivity index (χ3v) is 3.93. The fourth-order valence-electron chi connectivity index (χ4n) is 2.18. The van der Waals surface area contributed by atoms with Gasteiger partial charge in [-0.15, -0.1) is 11.3 Å². The summed E-state index contributed by atoms with van der Waals surface area (Å²) in [5, 5.41) is 5.55. The van der Waals surface area contributed by atoms with Gasteiger partial charge in [-0.3, -0.25) is 4.40 Å². The van der Waals surface area contributed by atoms with Gasteiger partial charge < -0.3 is 10.3 Å². The van der Waals surface area contributed by atoms with Crippen molar-refractivity contribution in [1.29, 1.82) is 0 Å². The normalized spacial score (nSPS) is 11.4. The Morgan fingerprint density at radius 2 is 2.42 bits per heavy atom. The molecule has 19 heavy (non-hydrogen) atoms. The minimum Gasteiger partial charge on any atom is -0.349 e. The minimum atomic E-state index is 0.863. The molecule has 0 fully saturated rings. The van der Waals surface area contributed by atoms with Gasteiger partial charge in [-0.1, -0.05) is 0 Å². The highest BCUT2D eigenvalue weighted by molar-refractivity contribution is 7.15. The Morgan fingerprint density at radius 1 is 1.47 bits per heavy atom. The second-order valence-corrected chi connectivity index (χ2v) is 5.39. The molecule has 3 aromatic heterocycles. The van der Waals surface area contributed by atoms with Gasteiger partial charge in [0, 0.05) is 36.9 Å². The molecule has 5 nitrogen and oxygen atoms in total. The number of nitrogens with one attached hydrogen (secondary N) is 2. The molecule has 0 radical (unpaired) electrons. The lowest BCUT2D eigenvalue weighted by atomic mass is 10.3. The Labute approximate surface area is 115 Å². The molecule has 0 spiro atoms. The maximum Gasteiger partial charge on any atom is 0.194 e. The number of aryl methyl sites for hydroxylation is 2. The van der Waals surface area contributed by atoms with Gasteiger partial charge in [-0.25, -0.2) is 9.97 Å². The summed E-state index contributed by atoms with van der Waals surface area (Å²) < 4.78 is 2.17. The van der Waals surface area contributed by atoms with E-state index < -0.39 is 0 Å². The number of hydrogen-bond acceptors (Lipinski definition) is 4. The molecule has 100 valence electrons. The maximum absolute atomic E-state index is 4.54. The molecule has 0 atom stereocenters. The first-order valence-corrected chi connectivity index (χ1v) is 7.32. The maximum atomic E-state index is 4.54. The number of imidazole rings is 2. The zero-order valence-corrected chi connectivity index (χ0v) is 11.7. The van der Waals surface area contributed by atoms with E-state index in [9.17, 15) is 0 Å². The molecule has 0 saturated carbocycles. The third kappa shape index (κ3) is 2.69. The summed E-state index contributed by atoms with van der Waals surface area (Å²) in [7, 11) is 0. The molecule has 0 aliphatic carbocycles. The van der Waals surface area contributed by atoms with Crippen molar-refractivity contribution in [3.05, 3.63) is 41.2 Å². The van der Waals surface area contributed by atoms with E-state index in [2.05, 4.69) is 43.2 Å². The summed E-state index contributed by atoms with van der Waals surface area (Å²) in [6.07, 6.45) is 7.81. The molecular formula is C13H17N5S. The van der Waals surface area contributed by atoms with Gasteiger partial charge in [0.05, 0.1) is 11.4 Å². The number of nitrogens with zero attached hydrogens (tertiary/aromatic N) is 3. The number of aromatic amines is 1. The summed E-state index contributed by atoms with van der Waals surface area (Å²) >= 11 is 1.68. The van der Waals surface area contributed by atoms with Gasteiger partial charge in [0.15, 0.2) is 4.96 Å². The minimum absolute atomic E-state index is 0.863. The summed E-state index contributed by atoms with van der Waals surface area (Å²) in [5.74, 6) is 1.06. The first-order chi connectivity index (χ1) is 9.34. The second-order valence-electron chi connectivity index (χ2n) is 4.52. The molecule has 0 saturated heterocycles. The van der Waals surface area contributed by atoms with Crippen LogP contribution in [0.3, 0.4) is 0 Å². The van der Waals surface area contributed by atoms with Crippen molar-refractivity contribution in [2.24, 2.45) is 0 Å². The predicted molar refractivity (Wildman–Crippen MR) is 76.4 cm³/mol. The van der Waals surface area contributed by atoms with Gasteiger partial charge in [0.2, 0.25) is 0 Å². The lowest BCUT2D eigenvalue weighted by Crippen LogP contribution is -2.17. The number of rotatable bonds is 6. The smallest absolute Gasteiger partial charge is 0.194 e. The number of hydrogen-bond donors (Lipinski definition) is 2. The van der Waals surface area contributed by atoms with E-state index in [1.165, 1.54) is 5.69 Å². The lowest BCUT2D eigenvalue weighted by Gasteiger charge is -2.04. The Morgan fingerprint density at radius 3 is 3.26 bits per heavy atom. The van der Waals surface area contributed by atoms with Crippen LogP contribution in [0.2, 0.25) is 0 Å². The second kappa shape index (κ2) is 5.54. The number of fused-ring (bicyclic) bond motifs is 1. The highest BCUT2D eigenvalue weighted by atomic mass is 32.1. The molecule has 0 bridgehead atoms. The molecule has 0 aliphatic rings. The Bertz CT molecular complexity index is 637. The molecule has 2 N–H and O–H groups in total. The van der Waals surface area contributed by atoms with Crippen molar-refractivity contribution >= 4 is 16.3 Å². The number of H-pyrrole nitrogens is 1. The predicted octanol–water partition coefficient (Wildman–Crippen LogP) is 2.15. The van der Waals surface area contributed by atoms with Crippen molar-refractivity contribution in [3.8, 4) is 0 Å². The molecule has 0 amide bonds. The van der Waals surface area contributed by atoms with Gasteiger partial charge in [0.25, 0.3) is 0 Å². The molecule has 3 aromatic rings. The summed E-state index contributed by atoms with van der Waals surface area (Å²) in [4.78, 5) is 12.9. The van der Waals surface area contributed by atoms with Crippen LogP contribution in [0.15, 0.2) is 24.0 Å². The van der Waals surface area contributed by atoms with E-state index in [0.717, 1.165) is 42.4 Å². The first kappa shape index (κ1) is 12.4. The van der Waals surface area contributed by atoms with Crippen LogP contribution in [0.1, 0.15) is 23.6 Å². The van der Waals surface area contributed by atoms with Crippen molar-refractivity contribution < 1.29 is 0 Å². The van der Waals surface area contributed by atoms with Gasteiger partial charge >= 0.3 is 0 Å². The summed E-state index contributed by atoms with van der Waals surface area (Å²) in [5.41, 5.74) is 2.37. The van der Waals surface area contributed by atoms with Crippen LogP contribution < -0.4 is 5.32 Å². The molecule has 3 rings (SSSR count). The number of thiazole rings is 1. The van der Waals surface area contributed by atoms with E-state index in [1.54, 1.807) is 17.5 Å². The Hall–Kier alpha value is -1.66. The number of aromatic nitrogens is 4. The molecule has 6 heteroatoms. The largest absolute Gasteiger partial charge is 0.349 e. The van der Waals surface area contributed by atoms with Crippen molar-refractivity contribution in [2.45, 2.75) is 26.3 Å². The molecular weight excluding hydrogens is 258 g/mol. The fourth-order valence-corrected chi connectivity index (χ4v) is 2.95. The van der Waals surface area contributed by atoms with Gasteiger partial charge in [-0.05, 0) is 19.9 Å². The lowest BCUT2D eigenvalue weighted by molar-refractivity contribution is 0.629. The monoisotopic (exact) mass is 275 g/mol. The van der Waals surface area contributed by atoms with Crippen LogP contribution in [0, 0.1) is 6.92 Å². The molecule has 0 aromatic carbocycles. The zero-order valence-electron chi connectivity index (χ0n) is 10.9. The first-order valence-electron chi connectivity index (χ1n) is 6.44. The highest BCUT2D eigenvalue weighted by Crippen LogP contribution is 2.16. The van der Waals surface area contributed by atoms with Crippen LogP contribution in [0.25, 0.3) is 4.96 Å². The standard InChI is InChI=1S/C13H17N5S/c1-10-11(18-7-8-19-13(18)17-10)9-14-4-2-3-12-15-5-6-16-12/h5-8,14H,2-4,9H2,1H3,(H,15,16). The van der Waals surface area contributed by atoms with Gasteiger partial charge in [-0.2, -0.15) is 0 Å². The quantitative estimate of drug-likeness (QED) is 0.678. The van der Waals surface area contributed by atoms with E-state index in [0.29, 0.717) is 0 Å². The SMILES string of the molecule is Cc1nc2sccn2c1CNCCCc1ncc[nH]1. The zero-order chi connectivity index (χ0) is 13.1. The average molecular weight is 275 g/mol. The summed E-state index contributed by atoms with van der Waals surface area (Å²) in [6.45, 7) is 3.92. The van der Waals surface area contributed by atoms with Crippen molar-refractivity contribution in [3.63, 3.8) is 0 Å². The topological polar surface area (TPSA) is 58.0 Å². The van der Waals surface area contributed by atoms with Crippen LogP contribution in [0.4, 0.5) is 0 Å². The van der Waals surface area contributed by atoms with Crippen molar-refractivity contribution in [1.82, 2.24) is 24.7 Å². The van der Waals surface area contributed by atoms with Crippen LogP contribution in [-0.2, 0) is 13.0 Å². The Kier molecular flexibility index (Phi) is 3.61. The van der Waals surface area contributed by atoms with E-state index >= 15 is 0 Å². The van der Waals surface area contributed by atoms with E-state index in [4.69, 9.17) is 0 Å². The fraction of sp³-hybridized carbons (Fsp3) is 0.385. The van der Waals surface area contributed by atoms with Crippen LogP contribution >= 0.6 is 11.3 Å². The molecule has 0 unspecified atom stereocenters. The van der Waals surface area contributed by atoms with Crippen molar-refractivity contribution in [2.75, 3.05) is 6.54 Å². The highest BCUT2D eigenvalue weighted by Gasteiger charge is 2.08. The Balaban J connectivity index is 1.49. The van der Waals surface area contributed by atoms with Crippen LogP contribution in [-0.4, -0.2) is 25.9 Å². The van der Waals surface area contributed by atoms with E-state index in [1.807, 2.05) is 6.20 Å². The van der Waals surface area contributed by atoms with Crippen LogP contribution in [0.5, 0.6) is 0 Å². The third-order valence-electron chi connectivity index (χ3n) is 3.18.